The number of ether oxygens (including phenoxy) is 1. The number of benzene rings is 1. The lowest BCUT2D eigenvalue weighted by Gasteiger charge is -2.20. The molecule has 2 amide bonds. The first-order valence-corrected chi connectivity index (χ1v) is 8.43. The number of para-hydroxylation sites is 1. The molecule has 6 nitrogen and oxygen atoms in total. The van der Waals surface area contributed by atoms with E-state index in [4.69, 9.17) is 4.74 Å². The minimum absolute atomic E-state index is 0.0564. The molecule has 2 N–H and O–H groups in total. The molecule has 0 atom stereocenters. The highest BCUT2D eigenvalue weighted by Gasteiger charge is 2.19. The van der Waals surface area contributed by atoms with Crippen LogP contribution in [0.2, 0.25) is 0 Å². The minimum atomic E-state index is -0.224. The molecule has 0 saturated heterocycles. The van der Waals surface area contributed by atoms with Crippen LogP contribution >= 0.6 is 11.3 Å². The van der Waals surface area contributed by atoms with E-state index >= 15 is 0 Å². The first kappa shape index (κ1) is 16.2. The molecule has 3 rings (SSSR count). The summed E-state index contributed by atoms with van der Waals surface area (Å²) in [4.78, 5) is 36.0. The Labute approximate surface area is 142 Å². The predicted octanol–water partition coefficient (Wildman–Crippen LogP) is 3.07. The second-order valence-corrected chi connectivity index (χ2v) is 6.27. The Morgan fingerprint density at radius 3 is 2.88 bits per heavy atom. The summed E-state index contributed by atoms with van der Waals surface area (Å²) in [6, 6.07) is 8.77. The maximum absolute atomic E-state index is 12.1. The van der Waals surface area contributed by atoms with Gasteiger partial charge in [-0.1, -0.05) is 12.1 Å². The van der Waals surface area contributed by atoms with Crippen LogP contribution in [0.4, 0.5) is 11.4 Å². The van der Waals surface area contributed by atoms with Crippen molar-refractivity contribution in [3.05, 3.63) is 40.6 Å². The normalized spacial score (nSPS) is 12.8. The molecule has 0 bridgehead atoms. The number of hydrogen-bond acceptors (Lipinski definition) is 5. The molecule has 2 aromatic rings. The second-order valence-electron chi connectivity index (χ2n) is 5.32. The maximum atomic E-state index is 12.1. The molecule has 1 aromatic carbocycles. The van der Waals surface area contributed by atoms with E-state index in [9.17, 15) is 14.4 Å². The van der Waals surface area contributed by atoms with Gasteiger partial charge in [-0.3, -0.25) is 14.4 Å². The number of thiophene rings is 1. The highest BCUT2D eigenvalue weighted by Crippen LogP contribution is 2.35. The summed E-state index contributed by atoms with van der Waals surface area (Å²) >= 11 is 1.41. The Bertz CT molecular complexity index is 771. The lowest BCUT2D eigenvalue weighted by molar-refractivity contribution is -0.118. The third kappa shape index (κ3) is 3.80. The average molecular weight is 344 g/mol. The van der Waals surface area contributed by atoms with Crippen molar-refractivity contribution in [3.8, 4) is 5.75 Å². The van der Waals surface area contributed by atoms with Gasteiger partial charge in [0.25, 0.3) is 5.91 Å². The number of carbonyl (C=O) groups excluding carboxylic acids is 3. The van der Waals surface area contributed by atoms with Crippen LogP contribution in [0.3, 0.4) is 0 Å². The van der Waals surface area contributed by atoms with E-state index in [0.29, 0.717) is 30.0 Å². The third-order valence-corrected chi connectivity index (χ3v) is 4.43. The van der Waals surface area contributed by atoms with Gasteiger partial charge < -0.3 is 15.4 Å². The van der Waals surface area contributed by atoms with E-state index in [-0.39, 0.29) is 30.6 Å². The van der Waals surface area contributed by atoms with E-state index in [2.05, 4.69) is 10.6 Å². The number of ketones is 1. The largest absolute Gasteiger partial charge is 0.479 e. The quantitative estimate of drug-likeness (QED) is 0.789. The number of nitrogens with one attached hydrogen (secondary N) is 2. The average Bonchev–Trinajstić information content (AvgIpc) is 3.09. The molecule has 0 spiro atoms. The second kappa shape index (κ2) is 7.27. The zero-order valence-corrected chi connectivity index (χ0v) is 13.7. The zero-order valence-electron chi connectivity index (χ0n) is 12.8. The van der Waals surface area contributed by atoms with Crippen LogP contribution in [0.1, 0.15) is 28.9 Å². The summed E-state index contributed by atoms with van der Waals surface area (Å²) < 4.78 is 5.38. The Morgan fingerprint density at radius 2 is 2.08 bits per heavy atom. The molecular formula is C17H16N2O4S. The SMILES string of the molecule is O=C(CCCC(=O)c1cccs1)Nc1cccc2c1OCC(=O)N2. The van der Waals surface area contributed by atoms with Gasteiger partial charge in [0.2, 0.25) is 5.91 Å². The lowest BCUT2D eigenvalue weighted by atomic mass is 10.1. The predicted molar refractivity (Wildman–Crippen MR) is 91.7 cm³/mol. The van der Waals surface area contributed by atoms with Gasteiger partial charge >= 0.3 is 0 Å². The Kier molecular flexibility index (Phi) is 4.90. The first-order valence-electron chi connectivity index (χ1n) is 7.56. The molecule has 1 aliphatic heterocycles. The van der Waals surface area contributed by atoms with Crippen molar-refractivity contribution in [3.63, 3.8) is 0 Å². The molecule has 1 aliphatic rings. The number of amides is 2. The fourth-order valence-electron chi connectivity index (χ4n) is 2.40. The van der Waals surface area contributed by atoms with Gasteiger partial charge in [-0.15, -0.1) is 11.3 Å². The summed E-state index contributed by atoms with van der Waals surface area (Å²) in [6.07, 6.45) is 1.07. The summed E-state index contributed by atoms with van der Waals surface area (Å²) in [5.74, 6) is 0.0991. The van der Waals surface area contributed by atoms with Gasteiger partial charge in [0.1, 0.15) is 0 Å². The van der Waals surface area contributed by atoms with Crippen LogP contribution in [0.25, 0.3) is 0 Å². The summed E-state index contributed by atoms with van der Waals surface area (Å²) in [5, 5.41) is 7.32. The number of carbonyl (C=O) groups is 3. The van der Waals surface area contributed by atoms with Gasteiger partial charge in [0.15, 0.2) is 18.1 Å². The smallest absolute Gasteiger partial charge is 0.262 e. The van der Waals surface area contributed by atoms with Crippen molar-refractivity contribution < 1.29 is 19.1 Å². The molecule has 1 aromatic heterocycles. The highest BCUT2D eigenvalue weighted by atomic mass is 32.1. The maximum Gasteiger partial charge on any atom is 0.262 e. The molecule has 0 aliphatic carbocycles. The number of anilines is 2. The topological polar surface area (TPSA) is 84.5 Å². The molecular weight excluding hydrogens is 328 g/mol. The molecule has 2 heterocycles. The Hall–Kier alpha value is -2.67. The zero-order chi connectivity index (χ0) is 16.9. The summed E-state index contributed by atoms with van der Waals surface area (Å²) in [5.41, 5.74) is 1.05. The Balaban J connectivity index is 1.53. The van der Waals surface area contributed by atoms with Crippen molar-refractivity contribution in [2.75, 3.05) is 17.2 Å². The van der Waals surface area contributed by atoms with Crippen LogP contribution in [0, 0.1) is 0 Å². The first-order chi connectivity index (χ1) is 11.6. The summed E-state index contributed by atoms with van der Waals surface area (Å²) in [7, 11) is 0. The molecule has 7 heteroatoms. The van der Waals surface area contributed by atoms with Crippen LogP contribution < -0.4 is 15.4 Å². The van der Waals surface area contributed by atoms with Gasteiger partial charge in [-0.05, 0) is 30.0 Å². The van der Waals surface area contributed by atoms with E-state index in [1.165, 1.54) is 11.3 Å². The molecule has 0 saturated carbocycles. The molecule has 0 unspecified atom stereocenters. The van der Waals surface area contributed by atoms with Crippen molar-refractivity contribution in [1.29, 1.82) is 0 Å². The van der Waals surface area contributed by atoms with E-state index in [1.54, 1.807) is 24.3 Å². The fourth-order valence-corrected chi connectivity index (χ4v) is 3.09. The Morgan fingerprint density at radius 1 is 1.21 bits per heavy atom. The number of rotatable bonds is 6. The highest BCUT2D eigenvalue weighted by molar-refractivity contribution is 7.12. The summed E-state index contributed by atoms with van der Waals surface area (Å²) in [6.45, 7) is -0.0742. The van der Waals surface area contributed by atoms with Crippen molar-refractivity contribution in [2.24, 2.45) is 0 Å². The van der Waals surface area contributed by atoms with E-state index in [1.807, 2.05) is 11.4 Å². The van der Waals surface area contributed by atoms with Gasteiger partial charge in [0, 0.05) is 12.8 Å². The standard InChI is InChI=1S/C17H16N2O4S/c20-13(14-7-3-9-24-14)6-2-8-15(21)18-11-4-1-5-12-17(11)23-10-16(22)19-12/h1,3-5,7,9H,2,6,8,10H2,(H,18,21)(H,19,22). The van der Waals surface area contributed by atoms with Crippen molar-refractivity contribution in [2.45, 2.75) is 19.3 Å². The van der Waals surface area contributed by atoms with Crippen LogP contribution in [-0.2, 0) is 9.59 Å². The van der Waals surface area contributed by atoms with Crippen LogP contribution in [0.5, 0.6) is 5.75 Å². The molecule has 0 radical (unpaired) electrons. The lowest BCUT2D eigenvalue weighted by Crippen LogP contribution is -2.26. The third-order valence-electron chi connectivity index (χ3n) is 3.51. The van der Waals surface area contributed by atoms with Gasteiger partial charge in [-0.2, -0.15) is 0 Å². The number of Topliss-reactive ketones (excluding diaryl/α,β-unsaturated/α-hetero) is 1. The molecule has 24 heavy (non-hydrogen) atoms. The van der Waals surface area contributed by atoms with Gasteiger partial charge in [-0.25, -0.2) is 0 Å². The van der Waals surface area contributed by atoms with Crippen LogP contribution in [0.15, 0.2) is 35.7 Å². The minimum Gasteiger partial charge on any atom is -0.479 e. The van der Waals surface area contributed by atoms with E-state index in [0.717, 1.165) is 4.88 Å². The monoisotopic (exact) mass is 344 g/mol. The van der Waals surface area contributed by atoms with Crippen LogP contribution in [-0.4, -0.2) is 24.2 Å². The molecule has 124 valence electrons. The van der Waals surface area contributed by atoms with E-state index < -0.39 is 0 Å². The van der Waals surface area contributed by atoms with Gasteiger partial charge in [0.05, 0.1) is 16.3 Å². The number of hydrogen-bond donors (Lipinski definition) is 2. The molecule has 0 fully saturated rings. The number of fused-ring (bicyclic) bond motifs is 1. The fraction of sp³-hybridized carbons (Fsp3) is 0.235. The van der Waals surface area contributed by atoms with Crippen molar-refractivity contribution in [1.82, 2.24) is 0 Å². The van der Waals surface area contributed by atoms with Crippen molar-refractivity contribution >= 4 is 40.3 Å².